The van der Waals surface area contributed by atoms with Gasteiger partial charge in [-0.05, 0) is 38.1 Å². The van der Waals surface area contributed by atoms with Crippen molar-refractivity contribution in [2.75, 3.05) is 19.1 Å². The van der Waals surface area contributed by atoms with Gasteiger partial charge in [-0.3, -0.25) is 5.43 Å². The fourth-order valence-electron chi connectivity index (χ4n) is 1.10. The molecule has 0 saturated heterocycles. The van der Waals surface area contributed by atoms with Gasteiger partial charge in [-0.25, -0.2) is 4.79 Å². The van der Waals surface area contributed by atoms with E-state index in [0.29, 0.717) is 6.61 Å². The van der Waals surface area contributed by atoms with E-state index in [4.69, 9.17) is 9.47 Å². The van der Waals surface area contributed by atoms with Crippen LogP contribution in [0.2, 0.25) is 0 Å². The van der Waals surface area contributed by atoms with E-state index in [0.717, 1.165) is 11.4 Å². The molecule has 0 saturated carbocycles. The summed E-state index contributed by atoms with van der Waals surface area (Å²) in [5, 5.41) is 3.92. The topological polar surface area (TPSA) is 59.9 Å². The first kappa shape index (κ1) is 13.0. The molecule has 5 heteroatoms. The third-order valence-corrected chi connectivity index (χ3v) is 2.01. The van der Waals surface area contributed by atoms with Crippen molar-refractivity contribution in [1.82, 2.24) is 0 Å². The van der Waals surface area contributed by atoms with Crippen molar-refractivity contribution in [2.45, 2.75) is 13.8 Å². The minimum atomic E-state index is -0.423. The Morgan fingerprint density at radius 1 is 1.35 bits per heavy atom. The molecule has 1 aromatic rings. The maximum atomic E-state index is 11.3. The van der Waals surface area contributed by atoms with Gasteiger partial charge in [-0.1, -0.05) is 0 Å². The lowest BCUT2D eigenvalue weighted by Gasteiger charge is -2.04. The minimum absolute atomic E-state index is 0.280. The number of esters is 1. The number of hydrazone groups is 1. The van der Waals surface area contributed by atoms with Crippen LogP contribution in [0.5, 0.6) is 5.75 Å². The highest BCUT2D eigenvalue weighted by Gasteiger charge is 2.05. The molecule has 17 heavy (non-hydrogen) atoms. The Kier molecular flexibility index (Phi) is 5.00. The van der Waals surface area contributed by atoms with Gasteiger partial charge in [0.25, 0.3) is 0 Å². The number of anilines is 1. The highest BCUT2D eigenvalue weighted by Crippen LogP contribution is 2.14. The summed E-state index contributed by atoms with van der Waals surface area (Å²) in [6.45, 7) is 3.69. The second-order valence-corrected chi connectivity index (χ2v) is 3.26. The Bertz CT molecular complexity index is 399. The molecule has 0 fully saturated rings. The smallest absolute Gasteiger partial charge is 0.354 e. The number of carbonyl (C=O) groups is 1. The zero-order valence-corrected chi connectivity index (χ0v) is 10.2. The van der Waals surface area contributed by atoms with E-state index >= 15 is 0 Å². The number of ether oxygens (including phenoxy) is 2. The molecule has 5 nitrogen and oxygen atoms in total. The summed E-state index contributed by atoms with van der Waals surface area (Å²) in [4.78, 5) is 11.3. The van der Waals surface area contributed by atoms with Crippen LogP contribution in [0.3, 0.4) is 0 Å². The number of hydrogen-bond donors (Lipinski definition) is 1. The fraction of sp³-hybridized carbons (Fsp3) is 0.333. The minimum Gasteiger partial charge on any atom is -0.497 e. The molecule has 0 radical (unpaired) electrons. The molecule has 92 valence electrons. The Morgan fingerprint density at radius 3 is 2.53 bits per heavy atom. The van der Waals surface area contributed by atoms with E-state index in [1.165, 1.54) is 0 Å². The van der Waals surface area contributed by atoms with Crippen LogP contribution in [0.15, 0.2) is 29.4 Å². The number of rotatable bonds is 5. The molecule has 0 aliphatic heterocycles. The molecule has 1 rings (SSSR count). The SMILES string of the molecule is CCOC(=O)/C(C)=N/Nc1ccc(OC)cc1. The lowest BCUT2D eigenvalue weighted by Crippen LogP contribution is -2.15. The summed E-state index contributed by atoms with van der Waals surface area (Å²) in [5.74, 6) is 0.343. The maximum Gasteiger partial charge on any atom is 0.354 e. The normalized spacial score (nSPS) is 10.9. The van der Waals surface area contributed by atoms with Crippen molar-refractivity contribution in [3.05, 3.63) is 24.3 Å². The zero-order valence-electron chi connectivity index (χ0n) is 10.2. The van der Waals surface area contributed by atoms with Crippen LogP contribution in [-0.2, 0) is 9.53 Å². The van der Waals surface area contributed by atoms with Gasteiger partial charge in [0.05, 0.1) is 19.4 Å². The standard InChI is InChI=1S/C12H16N2O3/c1-4-17-12(15)9(2)13-14-10-5-7-11(16-3)8-6-10/h5-8,14H,4H2,1-3H3/b13-9+. The number of carbonyl (C=O) groups excluding carboxylic acids is 1. The summed E-state index contributed by atoms with van der Waals surface area (Å²) in [6, 6.07) is 7.22. The van der Waals surface area contributed by atoms with Crippen molar-refractivity contribution in [1.29, 1.82) is 0 Å². The quantitative estimate of drug-likeness (QED) is 0.483. The van der Waals surface area contributed by atoms with E-state index < -0.39 is 5.97 Å². The van der Waals surface area contributed by atoms with Crippen molar-refractivity contribution in [2.24, 2.45) is 5.10 Å². The number of hydrogen-bond acceptors (Lipinski definition) is 5. The molecule has 0 amide bonds. The van der Waals surface area contributed by atoms with Crippen LogP contribution < -0.4 is 10.2 Å². The van der Waals surface area contributed by atoms with E-state index in [9.17, 15) is 4.79 Å². The Hall–Kier alpha value is -2.04. The molecule has 0 heterocycles. The summed E-state index contributed by atoms with van der Waals surface area (Å²) in [7, 11) is 1.60. The first-order valence-corrected chi connectivity index (χ1v) is 5.28. The van der Waals surface area contributed by atoms with E-state index in [-0.39, 0.29) is 5.71 Å². The summed E-state index contributed by atoms with van der Waals surface area (Å²) in [6.07, 6.45) is 0. The molecule has 0 unspecified atom stereocenters. The maximum absolute atomic E-state index is 11.3. The predicted molar refractivity (Wildman–Crippen MR) is 66.4 cm³/mol. The lowest BCUT2D eigenvalue weighted by atomic mass is 10.3. The Labute approximate surface area is 100 Å². The molecule has 0 aliphatic carbocycles. The first-order valence-electron chi connectivity index (χ1n) is 5.28. The Morgan fingerprint density at radius 2 is 2.00 bits per heavy atom. The predicted octanol–water partition coefficient (Wildman–Crippen LogP) is 2.05. The fourth-order valence-corrected chi connectivity index (χ4v) is 1.10. The second-order valence-electron chi connectivity index (χ2n) is 3.26. The third kappa shape index (κ3) is 4.14. The number of nitrogens with one attached hydrogen (secondary N) is 1. The summed E-state index contributed by atoms with van der Waals surface area (Å²) in [5.41, 5.74) is 3.82. The average Bonchev–Trinajstić information content (AvgIpc) is 2.36. The van der Waals surface area contributed by atoms with Gasteiger partial charge in [0, 0.05) is 0 Å². The first-order chi connectivity index (χ1) is 8.17. The molecule has 0 spiro atoms. The van der Waals surface area contributed by atoms with E-state index in [1.54, 1.807) is 45.2 Å². The molecule has 0 atom stereocenters. The van der Waals surface area contributed by atoms with Crippen LogP contribution >= 0.6 is 0 Å². The molecular weight excluding hydrogens is 220 g/mol. The largest absolute Gasteiger partial charge is 0.497 e. The van der Waals surface area contributed by atoms with Crippen molar-refractivity contribution < 1.29 is 14.3 Å². The van der Waals surface area contributed by atoms with Crippen molar-refractivity contribution in [3.63, 3.8) is 0 Å². The van der Waals surface area contributed by atoms with Gasteiger partial charge >= 0.3 is 5.97 Å². The highest BCUT2D eigenvalue weighted by atomic mass is 16.5. The number of nitrogens with zero attached hydrogens (tertiary/aromatic N) is 1. The summed E-state index contributed by atoms with van der Waals surface area (Å²) >= 11 is 0. The van der Waals surface area contributed by atoms with Gasteiger partial charge in [0.2, 0.25) is 0 Å². The van der Waals surface area contributed by atoms with Crippen LogP contribution in [0.4, 0.5) is 5.69 Å². The van der Waals surface area contributed by atoms with Crippen LogP contribution in [0.25, 0.3) is 0 Å². The van der Waals surface area contributed by atoms with Gasteiger partial charge < -0.3 is 9.47 Å². The number of methoxy groups -OCH3 is 1. The van der Waals surface area contributed by atoms with Crippen LogP contribution in [0.1, 0.15) is 13.8 Å². The molecule has 1 aromatic carbocycles. The molecule has 0 aliphatic rings. The monoisotopic (exact) mass is 236 g/mol. The third-order valence-electron chi connectivity index (χ3n) is 2.01. The number of benzene rings is 1. The molecule has 0 aromatic heterocycles. The lowest BCUT2D eigenvalue weighted by molar-refractivity contribution is -0.135. The van der Waals surface area contributed by atoms with E-state index in [2.05, 4.69) is 10.5 Å². The van der Waals surface area contributed by atoms with Gasteiger partial charge in [0.15, 0.2) is 0 Å². The zero-order chi connectivity index (χ0) is 12.7. The van der Waals surface area contributed by atoms with E-state index in [1.807, 2.05) is 0 Å². The summed E-state index contributed by atoms with van der Waals surface area (Å²) < 4.78 is 9.83. The molecule has 0 bridgehead atoms. The highest BCUT2D eigenvalue weighted by molar-refractivity contribution is 6.35. The van der Waals surface area contributed by atoms with Crippen molar-refractivity contribution >= 4 is 17.4 Å². The van der Waals surface area contributed by atoms with Crippen LogP contribution in [0, 0.1) is 0 Å². The van der Waals surface area contributed by atoms with Gasteiger partial charge in [-0.2, -0.15) is 5.10 Å². The average molecular weight is 236 g/mol. The van der Waals surface area contributed by atoms with Gasteiger partial charge in [0.1, 0.15) is 11.5 Å². The van der Waals surface area contributed by atoms with Gasteiger partial charge in [-0.15, -0.1) is 0 Å². The second kappa shape index (κ2) is 6.52. The molecular formula is C12H16N2O3. The Balaban J connectivity index is 2.59. The molecule has 1 N–H and O–H groups in total. The van der Waals surface area contributed by atoms with Crippen LogP contribution in [-0.4, -0.2) is 25.4 Å². The van der Waals surface area contributed by atoms with Crippen molar-refractivity contribution in [3.8, 4) is 5.75 Å².